The molecule has 2 amide bonds. The summed E-state index contributed by atoms with van der Waals surface area (Å²) in [7, 11) is 0. The molecule has 1 aliphatic heterocycles. The Balaban J connectivity index is 2.36. The number of amides is 2. The van der Waals surface area contributed by atoms with Gasteiger partial charge in [-0.1, -0.05) is 13.3 Å². The van der Waals surface area contributed by atoms with E-state index < -0.39 is 18.0 Å². The van der Waals surface area contributed by atoms with Crippen LogP contribution in [0.4, 0.5) is 4.79 Å². The van der Waals surface area contributed by atoms with E-state index >= 15 is 0 Å². The highest BCUT2D eigenvalue weighted by molar-refractivity contribution is 5.82. The van der Waals surface area contributed by atoms with Gasteiger partial charge in [-0.15, -0.1) is 0 Å². The fourth-order valence-electron chi connectivity index (χ4n) is 2.02. The average molecular weight is 258 g/mol. The fourth-order valence-corrected chi connectivity index (χ4v) is 2.02. The third-order valence-corrected chi connectivity index (χ3v) is 3.21. The topological polar surface area (TPSA) is 87.7 Å². The van der Waals surface area contributed by atoms with Gasteiger partial charge in [0.25, 0.3) is 0 Å². The number of urea groups is 1. The van der Waals surface area contributed by atoms with E-state index in [1.54, 1.807) is 0 Å². The lowest BCUT2D eigenvalue weighted by Crippen LogP contribution is -2.50. The van der Waals surface area contributed by atoms with Gasteiger partial charge in [0.2, 0.25) is 0 Å². The molecule has 6 nitrogen and oxygen atoms in total. The lowest BCUT2D eigenvalue weighted by Gasteiger charge is -2.21. The molecule has 0 aromatic heterocycles. The summed E-state index contributed by atoms with van der Waals surface area (Å²) in [4.78, 5) is 22.6. The predicted octanol–water partition coefficient (Wildman–Crippen LogP) is 0.964. The number of carbonyl (C=O) groups excluding carboxylic acids is 1. The molecule has 0 aromatic carbocycles. The summed E-state index contributed by atoms with van der Waals surface area (Å²) < 4.78 is 5.25. The minimum Gasteiger partial charge on any atom is -0.480 e. The SMILES string of the molecule is CCCC(NC(=O)NC(C)C1CCOC1)C(=O)O. The van der Waals surface area contributed by atoms with Gasteiger partial charge in [-0.05, 0) is 19.8 Å². The maximum absolute atomic E-state index is 11.7. The van der Waals surface area contributed by atoms with E-state index in [1.807, 2.05) is 13.8 Å². The monoisotopic (exact) mass is 258 g/mol. The molecular formula is C12H22N2O4. The second-order valence-electron chi connectivity index (χ2n) is 4.71. The number of carboxylic acid groups (broad SMARTS) is 1. The van der Waals surface area contributed by atoms with Crippen molar-refractivity contribution in [1.29, 1.82) is 0 Å². The second-order valence-corrected chi connectivity index (χ2v) is 4.71. The smallest absolute Gasteiger partial charge is 0.326 e. The molecular weight excluding hydrogens is 236 g/mol. The first-order chi connectivity index (χ1) is 8.54. The van der Waals surface area contributed by atoms with Crippen LogP contribution < -0.4 is 10.6 Å². The lowest BCUT2D eigenvalue weighted by atomic mass is 10.0. The van der Waals surface area contributed by atoms with E-state index in [0.29, 0.717) is 25.4 Å². The summed E-state index contributed by atoms with van der Waals surface area (Å²) >= 11 is 0. The van der Waals surface area contributed by atoms with Gasteiger partial charge in [0.05, 0.1) is 6.61 Å². The Morgan fingerprint density at radius 3 is 2.67 bits per heavy atom. The molecule has 0 bridgehead atoms. The molecule has 1 rings (SSSR count). The highest BCUT2D eigenvalue weighted by Crippen LogP contribution is 2.16. The van der Waals surface area contributed by atoms with Crippen molar-refractivity contribution in [3.63, 3.8) is 0 Å². The molecule has 0 aliphatic carbocycles. The number of hydrogen-bond donors (Lipinski definition) is 3. The maximum atomic E-state index is 11.7. The third kappa shape index (κ3) is 4.52. The minimum absolute atomic E-state index is 0.0106. The van der Waals surface area contributed by atoms with Crippen LogP contribution in [-0.2, 0) is 9.53 Å². The molecule has 1 fully saturated rings. The molecule has 0 radical (unpaired) electrons. The summed E-state index contributed by atoms with van der Waals surface area (Å²) in [6, 6.07) is -1.25. The van der Waals surface area contributed by atoms with Gasteiger partial charge in [0, 0.05) is 18.6 Å². The highest BCUT2D eigenvalue weighted by Gasteiger charge is 2.25. The molecule has 0 aromatic rings. The first-order valence-corrected chi connectivity index (χ1v) is 6.42. The lowest BCUT2D eigenvalue weighted by molar-refractivity contribution is -0.139. The van der Waals surface area contributed by atoms with E-state index in [4.69, 9.17) is 9.84 Å². The van der Waals surface area contributed by atoms with E-state index in [1.165, 1.54) is 0 Å². The first-order valence-electron chi connectivity index (χ1n) is 6.42. The van der Waals surface area contributed by atoms with Gasteiger partial charge in [-0.3, -0.25) is 0 Å². The number of carbonyl (C=O) groups is 2. The van der Waals surface area contributed by atoms with E-state index in [-0.39, 0.29) is 6.04 Å². The zero-order chi connectivity index (χ0) is 13.5. The van der Waals surface area contributed by atoms with Crippen LogP contribution in [0.25, 0.3) is 0 Å². The molecule has 0 spiro atoms. The highest BCUT2D eigenvalue weighted by atomic mass is 16.5. The Labute approximate surface area is 107 Å². The van der Waals surface area contributed by atoms with Crippen LogP contribution in [0.15, 0.2) is 0 Å². The summed E-state index contributed by atoms with van der Waals surface area (Å²) in [5.74, 6) is -0.686. The quantitative estimate of drug-likeness (QED) is 0.662. The van der Waals surface area contributed by atoms with Gasteiger partial charge in [-0.25, -0.2) is 9.59 Å². The van der Waals surface area contributed by atoms with Crippen molar-refractivity contribution in [2.45, 2.75) is 45.2 Å². The first kappa shape index (κ1) is 14.8. The Bertz CT molecular complexity index is 290. The van der Waals surface area contributed by atoms with Crippen LogP contribution in [0, 0.1) is 5.92 Å². The van der Waals surface area contributed by atoms with Crippen LogP contribution in [0.1, 0.15) is 33.1 Å². The largest absolute Gasteiger partial charge is 0.480 e. The Morgan fingerprint density at radius 2 is 2.17 bits per heavy atom. The number of hydrogen-bond acceptors (Lipinski definition) is 3. The maximum Gasteiger partial charge on any atom is 0.326 e. The number of carboxylic acids is 1. The van der Waals surface area contributed by atoms with Crippen LogP contribution in [0.3, 0.4) is 0 Å². The number of rotatable bonds is 6. The van der Waals surface area contributed by atoms with E-state index in [2.05, 4.69) is 10.6 Å². The molecule has 1 heterocycles. The summed E-state index contributed by atoms with van der Waals surface area (Å²) in [5, 5.41) is 14.2. The van der Waals surface area contributed by atoms with E-state index in [0.717, 1.165) is 13.0 Å². The molecule has 104 valence electrons. The molecule has 1 aliphatic rings. The summed E-state index contributed by atoms with van der Waals surface area (Å²) in [5.41, 5.74) is 0. The van der Waals surface area contributed by atoms with Crippen LogP contribution in [0.5, 0.6) is 0 Å². The average Bonchev–Trinajstić information content (AvgIpc) is 2.81. The van der Waals surface area contributed by atoms with Gasteiger partial charge in [0.15, 0.2) is 0 Å². The van der Waals surface area contributed by atoms with Crippen molar-refractivity contribution in [1.82, 2.24) is 10.6 Å². The van der Waals surface area contributed by atoms with Gasteiger partial charge >= 0.3 is 12.0 Å². The van der Waals surface area contributed by atoms with Gasteiger partial charge in [-0.2, -0.15) is 0 Å². The van der Waals surface area contributed by atoms with E-state index in [9.17, 15) is 9.59 Å². The Kier molecular flexibility index (Phi) is 5.91. The number of nitrogens with one attached hydrogen (secondary N) is 2. The van der Waals surface area contributed by atoms with Crippen LogP contribution in [0.2, 0.25) is 0 Å². The van der Waals surface area contributed by atoms with Crippen molar-refractivity contribution < 1.29 is 19.4 Å². The molecule has 3 unspecified atom stereocenters. The van der Waals surface area contributed by atoms with Crippen molar-refractivity contribution in [3.8, 4) is 0 Å². The van der Waals surface area contributed by atoms with Crippen molar-refractivity contribution >= 4 is 12.0 Å². The fraction of sp³-hybridized carbons (Fsp3) is 0.833. The van der Waals surface area contributed by atoms with Crippen molar-refractivity contribution in [3.05, 3.63) is 0 Å². The summed E-state index contributed by atoms with van der Waals surface area (Å²) in [6.45, 7) is 5.17. The molecule has 3 atom stereocenters. The molecule has 1 saturated heterocycles. The van der Waals surface area contributed by atoms with Crippen LogP contribution >= 0.6 is 0 Å². The predicted molar refractivity (Wildman–Crippen MR) is 66.4 cm³/mol. The minimum atomic E-state index is -0.996. The Hall–Kier alpha value is -1.30. The third-order valence-electron chi connectivity index (χ3n) is 3.21. The van der Waals surface area contributed by atoms with Crippen molar-refractivity contribution in [2.24, 2.45) is 5.92 Å². The number of ether oxygens (including phenoxy) is 1. The van der Waals surface area contributed by atoms with Gasteiger partial charge < -0.3 is 20.5 Å². The number of aliphatic carboxylic acids is 1. The Morgan fingerprint density at radius 1 is 1.44 bits per heavy atom. The normalized spacial score (nSPS) is 22.2. The molecule has 18 heavy (non-hydrogen) atoms. The van der Waals surface area contributed by atoms with Crippen LogP contribution in [-0.4, -0.2) is 42.4 Å². The zero-order valence-electron chi connectivity index (χ0n) is 10.9. The summed E-state index contributed by atoms with van der Waals surface area (Å²) in [6.07, 6.45) is 2.08. The van der Waals surface area contributed by atoms with Crippen molar-refractivity contribution in [2.75, 3.05) is 13.2 Å². The zero-order valence-corrected chi connectivity index (χ0v) is 10.9. The molecule has 3 N–H and O–H groups in total. The standard InChI is InChI=1S/C12H22N2O4/c1-3-4-10(11(15)16)14-12(17)13-8(2)9-5-6-18-7-9/h8-10H,3-7H2,1-2H3,(H,15,16)(H2,13,14,17). The second kappa shape index (κ2) is 7.20. The molecule has 6 heteroatoms. The molecule has 0 saturated carbocycles. The van der Waals surface area contributed by atoms with Gasteiger partial charge in [0.1, 0.15) is 6.04 Å².